The van der Waals surface area contributed by atoms with Crippen molar-refractivity contribution >= 4 is 17.5 Å². The van der Waals surface area contributed by atoms with Crippen molar-refractivity contribution in [3.63, 3.8) is 0 Å². The van der Waals surface area contributed by atoms with E-state index >= 15 is 0 Å². The van der Waals surface area contributed by atoms with Gasteiger partial charge in [-0.1, -0.05) is 18.2 Å². The Bertz CT molecular complexity index is 838. The highest BCUT2D eigenvalue weighted by atomic mass is 19.1. The maximum Gasteiger partial charge on any atom is 0.256 e. The lowest BCUT2D eigenvalue weighted by Crippen LogP contribution is -2.44. The third-order valence-electron chi connectivity index (χ3n) is 4.62. The van der Waals surface area contributed by atoms with Crippen LogP contribution in [0, 0.1) is 24.5 Å². The van der Waals surface area contributed by atoms with Gasteiger partial charge in [0.1, 0.15) is 11.6 Å². The number of amides is 2. The molecule has 0 unspecified atom stereocenters. The molecular formula is C20H20F2N2O2. The van der Waals surface area contributed by atoms with E-state index in [1.165, 1.54) is 29.2 Å². The van der Waals surface area contributed by atoms with E-state index < -0.39 is 17.6 Å². The van der Waals surface area contributed by atoms with Gasteiger partial charge in [0.25, 0.3) is 5.91 Å². The zero-order valence-corrected chi connectivity index (χ0v) is 14.5. The zero-order chi connectivity index (χ0) is 18.7. The van der Waals surface area contributed by atoms with E-state index in [4.69, 9.17) is 0 Å². The normalized spacial score (nSPS) is 17.0. The average Bonchev–Trinajstić information content (AvgIpc) is 2.64. The summed E-state index contributed by atoms with van der Waals surface area (Å²) in [4.78, 5) is 26.5. The van der Waals surface area contributed by atoms with Crippen molar-refractivity contribution in [1.29, 1.82) is 0 Å². The highest BCUT2D eigenvalue weighted by molar-refractivity contribution is 5.96. The lowest BCUT2D eigenvalue weighted by Gasteiger charge is -2.32. The Hall–Kier alpha value is -2.76. The van der Waals surface area contributed by atoms with Crippen LogP contribution in [0.5, 0.6) is 0 Å². The molecule has 2 aromatic carbocycles. The van der Waals surface area contributed by atoms with Crippen molar-refractivity contribution in [2.45, 2.75) is 19.8 Å². The standard InChI is InChI=1S/C20H20F2N2O2/c1-13-8-9-15(11-18(13)22)23-19(25)14-5-4-10-24(12-14)20(26)16-6-2-3-7-17(16)21/h2-3,6-9,11,14H,4-5,10,12H2,1H3,(H,23,25)/t14-/m0/s1. The molecule has 6 heteroatoms. The fourth-order valence-corrected chi connectivity index (χ4v) is 3.10. The summed E-state index contributed by atoms with van der Waals surface area (Å²) in [5.74, 6) is -2.05. The van der Waals surface area contributed by atoms with E-state index in [1.54, 1.807) is 25.1 Å². The van der Waals surface area contributed by atoms with Crippen molar-refractivity contribution in [3.05, 3.63) is 65.2 Å². The second-order valence-corrected chi connectivity index (χ2v) is 6.52. The molecule has 4 nitrogen and oxygen atoms in total. The number of nitrogens with one attached hydrogen (secondary N) is 1. The molecule has 0 radical (unpaired) electrons. The highest BCUT2D eigenvalue weighted by Gasteiger charge is 2.30. The van der Waals surface area contributed by atoms with Gasteiger partial charge in [0.2, 0.25) is 5.91 Å². The van der Waals surface area contributed by atoms with Crippen LogP contribution in [-0.2, 0) is 4.79 Å². The molecule has 0 aliphatic carbocycles. The molecule has 1 fully saturated rings. The second kappa shape index (κ2) is 7.64. The molecule has 1 N–H and O–H groups in total. The first-order valence-corrected chi connectivity index (χ1v) is 8.56. The van der Waals surface area contributed by atoms with Gasteiger partial charge in [0.05, 0.1) is 11.5 Å². The molecule has 1 saturated heterocycles. The Labute approximate surface area is 150 Å². The molecule has 0 saturated carbocycles. The van der Waals surface area contributed by atoms with Gasteiger partial charge in [-0.15, -0.1) is 0 Å². The smallest absolute Gasteiger partial charge is 0.256 e. The molecule has 1 aliphatic rings. The number of carbonyl (C=O) groups excluding carboxylic acids is 2. The fraction of sp³-hybridized carbons (Fsp3) is 0.300. The maximum atomic E-state index is 13.8. The molecule has 26 heavy (non-hydrogen) atoms. The first kappa shape index (κ1) is 18.0. The molecule has 0 bridgehead atoms. The minimum Gasteiger partial charge on any atom is -0.338 e. The Morgan fingerprint density at radius 3 is 2.62 bits per heavy atom. The van der Waals surface area contributed by atoms with Crippen molar-refractivity contribution in [2.24, 2.45) is 5.92 Å². The van der Waals surface area contributed by atoms with Crippen LogP contribution in [0.15, 0.2) is 42.5 Å². The molecule has 3 rings (SSSR count). The summed E-state index contributed by atoms with van der Waals surface area (Å²) in [6.07, 6.45) is 1.28. The molecule has 1 atom stereocenters. The van der Waals surface area contributed by atoms with Crippen LogP contribution in [0.4, 0.5) is 14.5 Å². The number of nitrogens with zero attached hydrogens (tertiary/aromatic N) is 1. The van der Waals surface area contributed by atoms with Crippen LogP contribution in [0.25, 0.3) is 0 Å². The van der Waals surface area contributed by atoms with E-state index in [0.29, 0.717) is 30.6 Å². The second-order valence-electron chi connectivity index (χ2n) is 6.52. The quantitative estimate of drug-likeness (QED) is 0.908. The average molecular weight is 358 g/mol. The van der Waals surface area contributed by atoms with Crippen molar-refractivity contribution in [2.75, 3.05) is 18.4 Å². The van der Waals surface area contributed by atoms with E-state index in [1.807, 2.05) is 0 Å². The number of benzene rings is 2. The van der Waals surface area contributed by atoms with Gasteiger partial charge in [-0.3, -0.25) is 9.59 Å². The molecule has 2 amide bonds. The highest BCUT2D eigenvalue weighted by Crippen LogP contribution is 2.22. The van der Waals surface area contributed by atoms with Crippen LogP contribution in [0.3, 0.4) is 0 Å². The number of hydrogen-bond acceptors (Lipinski definition) is 2. The van der Waals surface area contributed by atoms with Gasteiger partial charge >= 0.3 is 0 Å². The topological polar surface area (TPSA) is 49.4 Å². The Morgan fingerprint density at radius 2 is 1.88 bits per heavy atom. The number of hydrogen-bond donors (Lipinski definition) is 1. The molecule has 136 valence electrons. The van der Waals surface area contributed by atoms with Crippen LogP contribution in [0.2, 0.25) is 0 Å². The van der Waals surface area contributed by atoms with Gasteiger partial charge in [-0.2, -0.15) is 0 Å². The predicted octanol–water partition coefficient (Wildman–Crippen LogP) is 3.76. The molecule has 2 aromatic rings. The maximum absolute atomic E-state index is 13.8. The Kier molecular flexibility index (Phi) is 5.30. The van der Waals surface area contributed by atoms with Gasteiger partial charge < -0.3 is 10.2 Å². The summed E-state index contributed by atoms with van der Waals surface area (Å²) in [5, 5.41) is 2.70. The van der Waals surface area contributed by atoms with Gasteiger partial charge in [-0.05, 0) is 49.6 Å². The first-order valence-electron chi connectivity index (χ1n) is 8.56. The number of carbonyl (C=O) groups is 2. The Balaban J connectivity index is 1.67. The molecule has 0 spiro atoms. The molecule has 0 aromatic heterocycles. The minimum absolute atomic E-state index is 0.00849. The summed E-state index contributed by atoms with van der Waals surface area (Å²) in [7, 11) is 0. The number of likely N-dealkylation sites (tertiary alicyclic amines) is 1. The summed E-state index contributed by atoms with van der Waals surface area (Å²) in [6.45, 7) is 2.34. The van der Waals surface area contributed by atoms with Crippen LogP contribution >= 0.6 is 0 Å². The largest absolute Gasteiger partial charge is 0.338 e. The predicted molar refractivity (Wildman–Crippen MR) is 94.8 cm³/mol. The monoisotopic (exact) mass is 358 g/mol. The first-order chi connectivity index (χ1) is 12.5. The molecule has 1 heterocycles. The third-order valence-corrected chi connectivity index (χ3v) is 4.62. The number of aryl methyl sites for hydroxylation is 1. The number of piperidine rings is 1. The summed E-state index contributed by atoms with van der Waals surface area (Å²) in [5.41, 5.74) is 0.896. The van der Waals surface area contributed by atoms with Crippen molar-refractivity contribution in [1.82, 2.24) is 4.90 Å². The summed E-state index contributed by atoms with van der Waals surface area (Å²) < 4.78 is 27.5. The number of rotatable bonds is 3. The van der Waals surface area contributed by atoms with Crippen LogP contribution < -0.4 is 5.32 Å². The fourth-order valence-electron chi connectivity index (χ4n) is 3.10. The zero-order valence-electron chi connectivity index (χ0n) is 14.5. The summed E-state index contributed by atoms with van der Waals surface area (Å²) >= 11 is 0. The SMILES string of the molecule is Cc1ccc(NC(=O)[C@H]2CCCN(C(=O)c3ccccc3F)C2)cc1F. The van der Waals surface area contributed by atoms with Crippen molar-refractivity contribution in [3.8, 4) is 0 Å². The van der Waals surface area contributed by atoms with Gasteiger partial charge in [0.15, 0.2) is 0 Å². The van der Waals surface area contributed by atoms with Crippen LogP contribution in [0.1, 0.15) is 28.8 Å². The minimum atomic E-state index is -0.570. The molecule has 1 aliphatic heterocycles. The Morgan fingerprint density at radius 1 is 1.12 bits per heavy atom. The van der Waals surface area contributed by atoms with E-state index in [2.05, 4.69) is 5.32 Å². The van der Waals surface area contributed by atoms with Crippen molar-refractivity contribution < 1.29 is 18.4 Å². The van der Waals surface area contributed by atoms with Crippen LogP contribution in [-0.4, -0.2) is 29.8 Å². The number of halogens is 2. The third kappa shape index (κ3) is 3.90. The van der Waals surface area contributed by atoms with Gasteiger partial charge in [0, 0.05) is 18.8 Å². The van der Waals surface area contributed by atoms with Gasteiger partial charge in [-0.25, -0.2) is 8.78 Å². The van der Waals surface area contributed by atoms with E-state index in [0.717, 1.165) is 0 Å². The van der Waals surface area contributed by atoms with E-state index in [-0.39, 0.29) is 23.8 Å². The van der Waals surface area contributed by atoms with E-state index in [9.17, 15) is 18.4 Å². The lowest BCUT2D eigenvalue weighted by molar-refractivity contribution is -0.121. The lowest BCUT2D eigenvalue weighted by atomic mass is 9.96. The number of anilines is 1. The molecular weight excluding hydrogens is 338 g/mol. The summed E-state index contributed by atoms with van der Waals surface area (Å²) in [6, 6.07) is 10.3.